The molecule has 1 heterocycles. The number of nitrogens with zero attached hydrogens (tertiary/aromatic N) is 1. The fraction of sp³-hybridized carbons (Fsp3) is 0.538. The molecule has 0 radical (unpaired) electrons. The van der Waals surface area contributed by atoms with Gasteiger partial charge in [0, 0.05) is 23.6 Å². The number of hydrogen-bond donors (Lipinski definition) is 1. The van der Waals surface area contributed by atoms with E-state index in [1.54, 1.807) is 0 Å². The van der Waals surface area contributed by atoms with Crippen molar-refractivity contribution in [2.75, 3.05) is 20.1 Å². The van der Waals surface area contributed by atoms with Crippen LogP contribution in [0.4, 0.5) is 0 Å². The SMILES string of the molecule is CN(Cc1cccc(Br)c1)CC1CCCN1. The molecule has 0 aromatic heterocycles. The third-order valence-electron chi connectivity index (χ3n) is 3.04. The smallest absolute Gasteiger partial charge is 0.0231 e. The zero-order valence-electron chi connectivity index (χ0n) is 9.75. The number of rotatable bonds is 4. The van der Waals surface area contributed by atoms with Crippen LogP contribution in [-0.2, 0) is 6.54 Å². The lowest BCUT2D eigenvalue weighted by molar-refractivity contribution is 0.293. The maximum atomic E-state index is 3.53. The Morgan fingerprint density at radius 2 is 2.38 bits per heavy atom. The van der Waals surface area contributed by atoms with Crippen LogP contribution in [-0.4, -0.2) is 31.1 Å². The fourth-order valence-electron chi connectivity index (χ4n) is 2.30. The monoisotopic (exact) mass is 282 g/mol. The highest BCUT2D eigenvalue weighted by molar-refractivity contribution is 9.10. The lowest BCUT2D eigenvalue weighted by Crippen LogP contribution is -2.34. The highest BCUT2D eigenvalue weighted by atomic mass is 79.9. The minimum absolute atomic E-state index is 0.692. The molecule has 1 fully saturated rings. The Balaban J connectivity index is 1.84. The summed E-state index contributed by atoms with van der Waals surface area (Å²) in [7, 11) is 2.20. The van der Waals surface area contributed by atoms with Crippen LogP contribution < -0.4 is 5.32 Å². The summed E-state index contributed by atoms with van der Waals surface area (Å²) in [5.74, 6) is 0. The van der Waals surface area contributed by atoms with Crippen LogP contribution in [0.5, 0.6) is 0 Å². The first kappa shape index (κ1) is 12.1. The molecule has 88 valence electrons. The fourth-order valence-corrected chi connectivity index (χ4v) is 2.75. The van der Waals surface area contributed by atoms with Gasteiger partial charge in [-0.1, -0.05) is 28.1 Å². The maximum absolute atomic E-state index is 3.53. The normalized spacial score (nSPS) is 20.6. The Morgan fingerprint density at radius 1 is 1.50 bits per heavy atom. The Kier molecular flexibility index (Phi) is 4.38. The van der Waals surface area contributed by atoms with Crippen LogP contribution in [0.3, 0.4) is 0 Å². The zero-order valence-corrected chi connectivity index (χ0v) is 11.3. The topological polar surface area (TPSA) is 15.3 Å². The number of nitrogens with one attached hydrogen (secondary N) is 1. The van der Waals surface area contributed by atoms with E-state index in [9.17, 15) is 0 Å². The van der Waals surface area contributed by atoms with E-state index in [4.69, 9.17) is 0 Å². The van der Waals surface area contributed by atoms with Crippen molar-refractivity contribution in [2.24, 2.45) is 0 Å². The second-order valence-electron chi connectivity index (χ2n) is 4.62. The van der Waals surface area contributed by atoms with Gasteiger partial charge in [0.1, 0.15) is 0 Å². The Morgan fingerprint density at radius 3 is 3.06 bits per heavy atom. The molecule has 1 atom stereocenters. The Bertz CT molecular complexity index is 334. The van der Waals surface area contributed by atoms with Gasteiger partial charge in [-0.2, -0.15) is 0 Å². The van der Waals surface area contributed by atoms with E-state index >= 15 is 0 Å². The molecule has 2 rings (SSSR count). The van der Waals surface area contributed by atoms with Gasteiger partial charge in [-0.3, -0.25) is 0 Å². The molecule has 0 saturated carbocycles. The summed E-state index contributed by atoms with van der Waals surface area (Å²) in [5.41, 5.74) is 1.37. The first-order valence-electron chi connectivity index (χ1n) is 5.90. The summed E-state index contributed by atoms with van der Waals surface area (Å²) >= 11 is 3.51. The summed E-state index contributed by atoms with van der Waals surface area (Å²) < 4.78 is 1.16. The molecular weight excluding hydrogens is 264 g/mol. The molecule has 1 saturated heterocycles. The van der Waals surface area contributed by atoms with E-state index < -0.39 is 0 Å². The van der Waals surface area contributed by atoms with Gasteiger partial charge in [0.25, 0.3) is 0 Å². The first-order valence-corrected chi connectivity index (χ1v) is 6.70. The largest absolute Gasteiger partial charge is 0.313 e. The predicted molar refractivity (Wildman–Crippen MR) is 71.5 cm³/mol. The minimum atomic E-state index is 0.692. The summed E-state index contributed by atoms with van der Waals surface area (Å²) in [6, 6.07) is 9.24. The third kappa shape index (κ3) is 3.58. The van der Waals surface area contributed by atoms with Gasteiger partial charge >= 0.3 is 0 Å². The summed E-state index contributed by atoms with van der Waals surface area (Å²) in [6.07, 6.45) is 2.65. The van der Waals surface area contributed by atoms with Crippen molar-refractivity contribution < 1.29 is 0 Å². The van der Waals surface area contributed by atoms with E-state index in [-0.39, 0.29) is 0 Å². The van der Waals surface area contributed by atoms with E-state index in [2.05, 4.69) is 57.5 Å². The average Bonchev–Trinajstić information content (AvgIpc) is 2.70. The molecule has 0 amide bonds. The molecule has 1 N–H and O–H groups in total. The number of hydrogen-bond acceptors (Lipinski definition) is 2. The van der Waals surface area contributed by atoms with Crippen molar-refractivity contribution in [2.45, 2.75) is 25.4 Å². The Labute approximate surface area is 106 Å². The average molecular weight is 283 g/mol. The van der Waals surface area contributed by atoms with Crippen LogP contribution in [0.25, 0.3) is 0 Å². The Hall–Kier alpha value is -0.380. The highest BCUT2D eigenvalue weighted by Crippen LogP contribution is 2.14. The van der Waals surface area contributed by atoms with Crippen molar-refractivity contribution in [1.82, 2.24) is 10.2 Å². The lowest BCUT2D eigenvalue weighted by Gasteiger charge is -2.21. The van der Waals surface area contributed by atoms with E-state index in [1.807, 2.05) is 0 Å². The molecule has 3 heteroatoms. The minimum Gasteiger partial charge on any atom is -0.313 e. The third-order valence-corrected chi connectivity index (χ3v) is 3.53. The van der Waals surface area contributed by atoms with E-state index in [0.29, 0.717) is 6.04 Å². The van der Waals surface area contributed by atoms with Crippen LogP contribution >= 0.6 is 15.9 Å². The second kappa shape index (κ2) is 5.80. The van der Waals surface area contributed by atoms with Crippen molar-refractivity contribution in [3.8, 4) is 0 Å². The van der Waals surface area contributed by atoms with Crippen molar-refractivity contribution in [1.29, 1.82) is 0 Å². The van der Waals surface area contributed by atoms with Crippen LogP contribution in [0.1, 0.15) is 18.4 Å². The lowest BCUT2D eigenvalue weighted by atomic mass is 10.2. The van der Waals surface area contributed by atoms with Crippen LogP contribution in [0, 0.1) is 0 Å². The number of benzene rings is 1. The molecule has 1 aromatic rings. The molecule has 1 unspecified atom stereocenters. The second-order valence-corrected chi connectivity index (χ2v) is 5.54. The van der Waals surface area contributed by atoms with Gasteiger partial charge in [0.05, 0.1) is 0 Å². The highest BCUT2D eigenvalue weighted by Gasteiger charge is 2.15. The molecule has 1 aliphatic rings. The molecule has 16 heavy (non-hydrogen) atoms. The van der Waals surface area contributed by atoms with E-state index in [1.165, 1.54) is 24.9 Å². The summed E-state index contributed by atoms with van der Waals surface area (Å²) in [4.78, 5) is 2.39. The molecule has 0 spiro atoms. The van der Waals surface area contributed by atoms with Gasteiger partial charge in [-0.05, 0) is 44.1 Å². The summed E-state index contributed by atoms with van der Waals surface area (Å²) in [6.45, 7) is 3.36. The van der Waals surface area contributed by atoms with Crippen molar-refractivity contribution in [3.05, 3.63) is 34.3 Å². The molecule has 0 bridgehead atoms. The van der Waals surface area contributed by atoms with Gasteiger partial charge in [0.2, 0.25) is 0 Å². The van der Waals surface area contributed by atoms with Gasteiger partial charge in [-0.15, -0.1) is 0 Å². The molecule has 1 aliphatic heterocycles. The quantitative estimate of drug-likeness (QED) is 0.914. The van der Waals surface area contributed by atoms with Crippen LogP contribution in [0.15, 0.2) is 28.7 Å². The standard InChI is InChI=1S/C13H19BrN2/c1-16(10-13-6-3-7-15-13)9-11-4-2-5-12(14)8-11/h2,4-5,8,13,15H,3,6-7,9-10H2,1H3. The van der Waals surface area contributed by atoms with Crippen LogP contribution in [0.2, 0.25) is 0 Å². The molecule has 0 aliphatic carbocycles. The summed E-state index contributed by atoms with van der Waals surface area (Å²) in [5, 5.41) is 3.53. The predicted octanol–water partition coefficient (Wildman–Crippen LogP) is 2.63. The molecule has 2 nitrogen and oxygen atoms in total. The van der Waals surface area contributed by atoms with E-state index in [0.717, 1.165) is 17.6 Å². The first-order chi connectivity index (χ1) is 7.74. The zero-order chi connectivity index (χ0) is 11.4. The molecular formula is C13H19BrN2. The van der Waals surface area contributed by atoms with Gasteiger partial charge in [0.15, 0.2) is 0 Å². The van der Waals surface area contributed by atoms with Crippen molar-refractivity contribution in [3.63, 3.8) is 0 Å². The number of halogens is 1. The van der Waals surface area contributed by atoms with Gasteiger partial charge in [-0.25, -0.2) is 0 Å². The van der Waals surface area contributed by atoms with Crippen molar-refractivity contribution >= 4 is 15.9 Å². The molecule has 1 aromatic carbocycles. The van der Waals surface area contributed by atoms with Gasteiger partial charge < -0.3 is 10.2 Å². The maximum Gasteiger partial charge on any atom is 0.0231 e. The number of likely N-dealkylation sites (N-methyl/N-ethyl adjacent to an activating group) is 1.